The van der Waals surface area contributed by atoms with Crippen molar-refractivity contribution in [3.63, 3.8) is 0 Å². The van der Waals surface area contributed by atoms with Gasteiger partial charge in [-0.05, 0) is 67.4 Å². The number of rotatable bonds is 5. The first-order valence-electron chi connectivity index (χ1n) is 10.1. The fourth-order valence-corrected chi connectivity index (χ4v) is 4.23. The highest BCUT2D eigenvalue weighted by molar-refractivity contribution is 9.10. The van der Waals surface area contributed by atoms with E-state index in [9.17, 15) is 14.7 Å². The van der Waals surface area contributed by atoms with Crippen molar-refractivity contribution in [3.05, 3.63) is 93.7 Å². The van der Waals surface area contributed by atoms with Crippen LogP contribution in [0.1, 0.15) is 29.7 Å². The number of amides is 1. The Morgan fingerprint density at radius 1 is 1.16 bits per heavy atom. The molecular formula is C25H21BrN2O4. The number of ether oxygens (including phenoxy) is 1. The molecule has 7 heteroatoms. The Hall–Kier alpha value is -3.45. The van der Waals surface area contributed by atoms with Gasteiger partial charge in [0.25, 0.3) is 11.7 Å². The SMILES string of the molecule is CCOc1ccc(/C(O)=C2\C(=O)C(=O)N(c3cccc(Br)c3)C2c2cccnc2)cc1C. The molecule has 1 amide bonds. The number of benzene rings is 2. The number of carbonyl (C=O) groups is 2. The highest BCUT2D eigenvalue weighted by Gasteiger charge is 2.47. The second-order valence-electron chi connectivity index (χ2n) is 7.35. The molecule has 162 valence electrons. The van der Waals surface area contributed by atoms with Crippen LogP contribution in [0.25, 0.3) is 5.76 Å². The first-order chi connectivity index (χ1) is 15.4. The smallest absolute Gasteiger partial charge is 0.300 e. The number of hydrogen-bond acceptors (Lipinski definition) is 5. The van der Waals surface area contributed by atoms with Gasteiger partial charge in [-0.3, -0.25) is 19.5 Å². The molecule has 3 aromatic rings. The van der Waals surface area contributed by atoms with Crippen molar-refractivity contribution in [3.8, 4) is 5.75 Å². The van der Waals surface area contributed by atoms with E-state index in [-0.39, 0.29) is 11.3 Å². The molecule has 0 spiro atoms. The van der Waals surface area contributed by atoms with Gasteiger partial charge in [0.05, 0.1) is 18.2 Å². The van der Waals surface area contributed by atoms with Crippen LogP contribution in [0.5, 0.6) is 5.75 Å². The van der Waals surface area contributed by atoms with E-state index >= 15 is 0 Å². The average Bonchev–Trinajstić information content (AvgIpc) is 3.06. The molecule has 1 N–H and O–H groups in total. The minimum Gasteiger partial charge on any atom is -0.507 e. The highest BCUT2D eigenvalue weighted by atomic mass is 79.9. The zero-order valence-electron chi connectivity index (χ0n) is 17.6. The van der Waals surface area contributed by atoms with E-state index in [2.05, 4.69) is 20.9 Å². The minimum atomic E-state index is -0.815. The maximum Gasteiger partial charge on any atom is 0.300 e. The Morgan fingerprint density at radius 2 is 1.97 bits per heavy atom. The first-order valence-corrected chi connectivity index (χ1v) is 10.9. The Kier molecular flexibility index (Phi) is 6.10. The third-order valence-corrected chi connectivity index (χ3v) is 5.77. The molecule has 1 saturated heterocycles. The van der Waals surface area contributed by atoms with Gasteiger partial charge in [0, 0.05) is 28.1 Å². The van der Waals surface area contributed by atoms with Crippen molar-refractivity contribution in [2.45, 2.75) is 19.9 Å². The van der Waals surface area contributed by atoms with Gasteiger partial charge in [0.1, 0.15) is 11.5 Å². The molecule has 1 fully saturated rings. The zero-order chi connectivity index (χ0) is 22.8. The number of nitrogens with zero attached hydrogens (tertiary/aromatic N) is 2. The minimum absolute atomic E-state index is 0.0199. The fraction of sp³-hybridized carbons (Fsp3) is 0.160. The highest BCUT2D eigenvalue weighted by Crippen LogP contribution is 2.42. The Labute approximate surface area is 194 Å². The molecule has 0 saturated carbocycles. The summed E-state index contributed by atoms with van der Waals surface area (Å²) in [5, 5.41) is 11.2. The maximum absolute atomic E-state index is 13.2. The summed E-state index contributed by atoms with van der Waals surface area (Å²) < 4.78 is 6.34. The predicted octanol–water partition coefficient (Wildman–Crippen LogP) is 5.18. The molecule has 2 heterocycles. The lowest BCUT2D eigenvalue weighted by atomic mass is 9.95. The lowest BCUT2D eigenvalue weighted by Gasteiger charge is -2.25. The summed E-state index contributed by atoms with van der Waals surface area (Å²) in [5.74, 6) is -0.993. The third kappa shape index (κ3) is 3.91. The van der Waals surface area contributed by atoms with Gasteiger partial charge in [-0.15, -0.1) is 0 Å². The van der Waals surface area contributed by atoms with Crippen molar-refractivity contribution in [1.82, 2.24) is 4.98 Å². The van der Waals surface area contributed by atoms with E-state index in [1.54, 1.807) is 60.9 Å². The Morgan fingerprint density at radius 3 is 2.62 bits per heavy atom. The van der Waals surface area contributed by atoms with Gasteiger partial charge in [0.15, 0.2) is 0 Å². The molecule has 1 unspecified atom stereocenters. The van der Waals surface area contributed by atoms with Crippen LogP contribution in [-0.2, 0) is 9.59 Å². The number of anilines is 1. The second kappa shape index (κ2) is 8.96. The number of aliphatic hydroxyl groups excluding tert-OH is 1. The summed E-state index contributed by atoms with van der Waals surface area (Å²) >= 11 is 3.42. The van der Waals surface area contributed by atoms with E-state index in [0.29, 0.717) is 29.2 Å². The molecule has 1 atom stereocenters. The summed E-state index contributed by atoms with van der Waals surface area (Å²) in [6.07, 6.45) is 3.21. The number of carbonyl (C=O) groups excluding carboxylic acids is 2. The first kappa shape index (κ1) is 21.8. The van der Waals surface area contributed by atoms with Crippen LogP contribution in [0.15, 0.2) is 77.0 Å². The summed E-state index contributed by atoms with van der Waals surface area (Å²) in [5.41, 5.74) is 2.43. The van der Waals surface area contributed by atoms with Crippen LogP contribution in [0, 0.1) is 6.92 Å². The van der Waals surface area contributed by atoms with Crippen molar-refractivity contribution < 1.29 is 19.4 Å². The number of pyridine rings is 1. The number of ketones is 1. The summed E-state index contributed by atoms with van der Waals surface area (Å²) in [4.78, 5) is 31.8. The van der Waals surface area contributed by atoms with E-state index in [0.717, 1.165) is 10.0 Å². The summed E-state index contributed by atoms with van der Waals surface area (Å²) in [7, 11) is 0. The number of aryl methyl sites for hydroxylation is 1. The van der Waals surface area contributed by atoms with Crippen LogP contribution < -0.4 is 9.64 Å². The number of Topliss-reactive ketones (excluding diaryl/α,β-unsaturated/α-hetero) is 1. The number of aromatic nitrogens is 1. The average molecular weight is 493 g/mol. The fourth-order valence-electron chi connectivity index (χ4n) is 3.85. The standard InChI is InChI=1S/C25H21BrN2O4/c1-3-32-20-10-9-16(12-15(20)2)23(29)21-22(17-6-5-11-27-14-17)28(25(31)24(21)30)19-8-4-7-18(26)13-19/h4-14,22,29H,3H2,1-2H3/b23-21+. The van der Waals surface area contributed by atoms with Gasteiger partial charge >= 0.3 is 0 Å². The molecule has 32 heavy (non-hydrogen) atoms. The summed E-state index contributed by atoms with van der Waals surface area (Å²) in [6.45, 7) is 4.27. The van der Waals surface area contributed by atoms with E-state index in [1.165, 1.54) is 4.90 Å². The van der Waals surface area contributed by atoms with Gasteiger partial charge < -0.3 is 9.84 Å². The molecule has 1 aliphatic heterocycles. The monoisotopic (exact) mass is 492 g/mol. The second-order valence-corrected chi connectivity index (χ2v) is 8.26. The summed E-state index contributed by atoms with van der Waals surface area (Å²) in [6, 6.07) is 15.0. The van der Waals surface area contributed by atoms with Crippen molar-refractivity contribution in [1.29, 1.82) is 0 Å². The molecule has 6 nitrogen and oxygen atoms in total. The Balaban J connectivity index is 1.90. The van der Waals surface area contributed by atoms with Gasteiger partial charge in [-0.2, -0.15) is 0 Å². The largest absolute Gasteiger partial charge is 0.507 e. The number of halogens is 1. The van der Waals surface area contributed by atoms with E-state index in [1.807, 2.05) is 19.9 Å². The van der Waals surface area contributed by atoms with Gasteiger partial charge in [-0.25, -0.2) is 0 Å². The van der Waals surface area contributed by atoms with E-state index < -0.39 is 17.7 Å². The quantitative estimate of drug-likeness (QED) is 0.301. The molecule has 0 radical (unpaired) electrons. The lowest BCUT2D eigenvalue weighted by molar-refractivity contribution is -0.132. The van der Waals surface area contributed by atoms with Crippen LogP contribution in [0.3, 0.4) is 0 Å². The predicted molar refractivity (Wildman–Crippen MR) is 126 cm³/mol. The van der Waals surface area contributed by atoms with Crippen LogP contribution in [0.2, 0.25) is 0 Å². The molecule has 1 aliphatic rings. The van der Waals surface area contributed by atoms with Gasteiger partial charge in [-0.1, -0.05) is 28.1 Å². The van der Waals surface area contributed by atoms with E-state index in [4.69, 9.17) is 4.74 Å². The number of aliphatic hydroxyl groups is 1. The number of hydrogen-bond donors (Lipinski definition) is 1. The lowest BCUT2D eigenvalue weighted by Crippen LogP contribution is -2.29. The molecule has 1 aromatic heterocycles. The normalized spacial score (nSPS) is 17.6. The molecule has 4 rings (SSSR count). The van der Waals surface area contributed by atoms with Crippen LogP contribution in [-0.4, -0.2) is 28.4 Å². The third-order valence-electron chi connectivity index (χ3n) is 5.28. The van der Waals surface area contributed by atoms with Crippen LogP contribution >= 0.6 is 15.9 Å². The van der Waals surface area contributed by atoms with Crippen LogP contribution in [0.4, 0.5) is 5.69 Å². The van der Waals surface area contributed by atoms with Crippen molar-refractivity contribution in [2.24, 2.45) is 0 Å². The Bertz CT molecular complexity index is 1220. The van der Waals surface area contributed by atoms with Gasteiger partial charge in [0.2, 0.25) is 0 Å². The maximum atomic E-state index is 13.2. The molecular weight excluding hydrogens is 472 g/mol. The molecule has 2 aromatic carbocycles. The molecule has 0 aliphatic carbocycles. The topological polar surface area (TPSA) is 79.7 Å². The van der Waals surface area contributed by atoms with Crippen molar-refractivity contribution >= 4 is 39.1 Å². The molecule has 0 bridgehead atoms. The zero-order valence-corrected chi connectivity index (χ0v) is 19.2. The van der Waals surface area contributed by atoms with Crippen molar-refractivity contribution in [2.75, 3.05) is 11.5 Å².